The summed E-state index contributed by atoms with van der Waals surface area (Å²) in [4.78, 5) is 0. The Bertz CT molecular complexity index is 261. The quantitative estimate of drug-likeness (QED) is 0.467. The van der Waals surface area contributed by atoms with Gasteiger partial charge in [-0.25, -0.2) is 0 Å². The Labute approximate surface area is 64.4 Å². The summed E-state index contributed by atoms with van der Waals surface area (Å²) in [6.07, 6.45) is 0. The van der Waals surface area contributed by atoms with Crippen LogP contribution in [0.3, 0.4) is 0 Å². The Balaban J connectivity index is 3.79. The van der Waals surface area contributed by atoms with Crippen molar-refractivity contribution in [3.8, 4) is 0 Å². The molecule has 0 saturated carbocycles. The van der Waals surface area contributed by atoms with E-state index < -0.39 is 29.8 Å². The topological polar surface area (TPSA) is 127 Å². The molecule has 0 amide bonds. The van der Waals surface area contributed by atoms with Gasteiger partial charge in [-0.2, -0.15) is 24.8 Å². The summed E-state index contributed by atoms with van der Waals surface area (Å²) in [6.45, 7) is 0. The van der Waals surface area contributed by atoms with Crippen LogP contribution in [0.2, 0.25) is 0 Å². The summed E-state index contributed by atoms with van der Waals surface area (Å²) >= 11 is 0. The fraction of sp³-hybridized carbons (Fsp3) is 0. The molecule has 0 spiro atoms. The summed E-state index contributed by atoms with van der Waals surface area (Å²) < 4.78 is 61.2. The molecule has 0 aromatic carbocycles. The van der Waals surface area contributed by atoms with Crippen molar-refractivity contribution in [1.82, 2.24) is 0 Å². The smallest absolute Gasteiger partial charge is 0.263 e. The lowest BCUT2D eigenvalue weighted by atomic mass is 15.8. The Morgan fingerprint density at radius 2 is 1.18 bits per heavy atom. The molecule has 0 fully saturated rings. The Hall–Kier alpha value is 0.170. The lowest BCUT2D eigenvalue weighted by molar-refractivity contribution is 0.369. The maximum Gasteiger partial charge on any atom is 0.402 e. The van der Waals surface area contributed by atoms with E-state index >= 15 is 0 Å². The average molecular weight is 226 g/mol. The molecule has 0 aromatic heterocycles. The molecule has 2 N–H and O–H groups in total. The first-order chi connectivity index (χ1) is 4.71. The van der Waals surface area contributed by atoms with Crippen LogP contribution in [0.1, 0.15) is 0 Å². The van der Waals surface area contributed by atoms with Crippen LogP contribution in [0, 0.1) is 0 Å². The lowest BCUT2D eigenvalue weighted by Crippen LogP contribution is -2.00. The molecule has 0 aromatic rings. The van der Waals surface area contributed by atoms with Crippen LogP contribution in [0.4, 0.5) is 0 Å². The maximum atomic E-state index is 9.70. The van der Waals surface area contributed by atoms with Gasteiger partial charge >= 0.3 is 20.8 Å². The molecule has 0 aliphatic carbocycles. The van der Waals surface area contributed by atoms with Crippen LogP contribution in [0.25, 0.3) is 0 Å². The first-order valence-electron chi connectivity index (χ1n) is 1.77. The van der Waals surface area contributed by atoms with Gasteiger partial charge in [0, 0.05) is 0 Å². The van der Waals surface area contributed by atoms with Crippen molar-refractivity contribution in [1.29, 1.82) is 0 Å². The molecule has 0 atom stereocenters. The zero-order valence-electron chi connectivity index (χ0n) is 4.66. The van der Waals surface area contributed by atoms with Crippen molar-refractivity contribution in [3.63, 3.8) is 0 Å². The van der Waals surface area contributed by atoms with Gasteiger partial charge in [0.2, 0.25) is 0 Å². The van der Waals surface area contributed by atoms with E-state index in [1.807, 2.05) is 0 Å². The average Bonchev–Trinajstić information content (AvgIpc) is 1.55. The van der Waals surface area contributed by atoms with E-state index in [0.29, 0.717) is 0 Å². The summed E-state index contributed by atoms with van der Waals surface area (Å²) in [5.74, 6) is 0. The Morgan fingerprint density at radius 1 is 0.909 bits per heavy atom. The molecule has 0 rings (SSSR count). The second kappa shape index (κ2) is 3.72. The van der Waals surface area contributed by atoms with Gasteiger partial charge < -0.3 is 0 Å². The molecule has 11 heteroatoms. The van der Waals surface area contributed by atoms with Crippen LogP contribution in [0.15, 0.2) is 0 Å². The summed E-state index contributed by atoms with van der Waals surface area (Å²) in [7, 11) is -11.0. The van der Waals surface area contributed by atoms with E-state index in [9.17, 15) is 16.8 Å². The van der Waals surface area contributed by atoms with Gasteiger partial charge in [0.05, 0.1) is 0 Å². The lowest BCUT2D eigenvalue weighted by Gasteiger charge is -1.95. The van der Waals surface area contributed by atoms with Gasteiger partial charge in [0.25, 0.3) is 0 Å². The fourth-order valence-electron chi connectivity index (χ4n) is 0.0999. The van der Waals surface area contributed by atoms with E-state index in [-0.39, 0.29) is 0 Å². The monoisotopic (exact) mass is 226 g/mol. The molecular formula is H3O8PS2. The van der Waals surface area contributed by atoms with Gasteiger partial charge in [-0.15, -0.1) is 0 Å². The Kier molecular flexibility index (Phi) is 3.77. The molecule has 0 aliphatic rings. The van der Waals surface area contributed by atoms with E-state index in [0.717, 1.165) is 0 Å². The third-order valence-corrected chi connectivity index (χ3v) is 2.51. The van der Waals surface area contributed by atoms with Gasteiger partial charge in [-0.3, -0.25) is 9.11 Å². The van der Waals surface area contributed by atoms with Gasteiger partial charge in [-0.05, 0) is 0 Å². The first-order valence-corrected chi connectivity index (χ1v) is 5.32. The van der Waals surface area contributed by atoms with Crippen molar-refractivity contribution in [2.24, 2.45) is 0 Å². The highest BCUT2D eigenvalue weighted by Crippen LogP contribution is 2.18. The van der Waals surface area contributed by atoms with E-state index in [1.165, 1.54) is 0 Å². The number of rotatable bonds is 4. The molecule has 0 bridgehead atoms. The number of hydrogen-bond donors (Lipinski definition) is 2. The zero-order chi connectivity index (χ0) is 9.12. The minimum atomic E-state index is -4.73. The van der Waals surface area contributed by atoms with Crippen molar-refractivity contribution < 1.29 is 33.9 Å². The summed E-state index contributed by atoms with van der Waals surface area (Å²) in [6, 6.07) is 0. The highest BCUT2D eigenvalue weighted by molar-refractivity contribution is 7.87. The molecule has 0 saturated heterocycles. The third kappa shape index (κ3) is 10.2. The number of hydrogen-bond acceptors (Lipinski definition) is 6. The van der Waals surface area contributed by atoms with Crippen LogP contribution >= 0.6 is 9.03 Å². The Morgan fingerprint density at radius 3 is 1.36 bits per heavy atom. The van der Waals surface area contributed by atoms with Crippen LogP contribution in [-0.4, -0.2) is 25.9 Å². The van der Waals surface area contributed by atoms with Gasteiger partial charge in [0.1, 0.15) is 0 Å². The molecule has 68 valence electrons. The molecule has 0 unspecified atom stereocenters. The van der Waals surface area contributed by atoms with Crippen molar-refractivity contribution in [3.05, 3.63) is 0 Å². The standard InChI is InChI=1S/H3O8PS2/c1-10(2,3)7-9-8-11(4,5)6/h9H,(H,1,2,3)(H,4,5,6). The summed E-state index contributed by atoms with van der Waals surface area (Å²) in [5.41, 5.74) is 0. The highest BCUT2D eigenvalue weighted by Gasteiger charge is 2.09. The molecule has 0 aliphatic heterocycles. The van der Waals surface area contributed by atoms with Crippen molar-refractivity contribution in [2.45, 2.75) is 0 Å². The van der Waals surface area contributed by atoms with Gasteiger partial charge in [-0.1, -0.05) is 0 Å². The normalized spacial score (nSPS) is 13.3. The second-order valence-electron chi connectivity index (χ2n) is 1.11. The van der Waals surface area contributed by atoms with Crippen molar-refractivity contribution in [2.75, 3.05) is 0 Å². The minimum Gasteiger partial charge on any atom is -0.263 e. The predicted molar refractivity (Wildman–Crippen MR) is 33.6 cm³/mol. The SMILES string of the molecule is O=S(=O)(O)OPOS(=O)(=O)O. The molecular weight excluding hydrogens is 223 g/mol. The first kappa shape index (κ1) is 11.2. The predicted octanol–water partition coefficient (Wildman–Crippen LogP) is -0.866. The van der Waals surface area contributed by atoms with Gasteiger partial charge in [0.15, 0.2) is 9.03 Å². The second-order valence-corrected chi connectivity index (χ2v) is 4.32. The molecule has 0 heterocycles. The molecule has 8 nitrogen and oxygen atoms in total. The largest absolute Gasteiger partial charge is 0.402 e. The van der Waals surface area contributed by atoms with E-state index in [4.69, 9.17) is 9.11 Å². The minimum absolute atomic E-state index is 1.54. The van der Waals surface area contributed by atoms with Crippen LogP contribution in [0.5, 0.6) is 0 Å². The fourth-order valence-corrected chi connectivity index (χ4v) is 1.15. The third-order valence-electron chi connectivity index (χ3n) is 0.279. The summed E-state index contributed by atoms with van der Waals surface area (Å²) in [5, 5.41) is 0. The van der Waals surface area contributed by atoms with Crippen LogP contribution < -0.4 is 0 Å². The van der Waals surface area contributed by atoms with E-state index in [1.54, 1.807) is 0 Å². The zero-order valence-corrected chi connectivity index (χ0v) is 7.29. The van der Waals surface area contributed by atoms with E-state index in [2.05, 4.69) is 7.94 Å². The maximum absolute atomic E-state index is 9.70. The molecule has 0 radical (unpaired) electrons. The highest BCUT2D eigenvalue weighted by atomic mass is 32.3. The van der Waals surface area contributed by atoms with Crippen molar-refractivity contribution >= 4 is 29.8 Å². The van der Waals surface area contributed by atoms with Crippen LogP contribution in [-0.2, 0) is 28.7 Å². The molecule has 11 heavy (non-hydrogen) atoms.